The van der Waals surface area contributed by atoms with Crippen LogP contribution >= 0.6 is 0 Å². The lowest BCUT2D eigenvalue weighted by atomic mass is 10.0. The van der Waals surface area contributed by atoms with Gasteiger partial charge in [0.1, 0.15) is 24.4 Å². The molecule has 2 fully saturated rings. The van der Waals surface area contributed by atoms with Crippen molar-refractivity contribution in [3.05, 3.63) is 54.1 Å². The number of para-hydroxylation sites is 1. The number of carbonyl (C=O) groups is 1. The summed E-state index contributed by atoms with van der Waals surface area (Å²) in [6.45, 7) is 1.05. The van der Waals surface area contributed by atoms with Crippen molar-refractivity contribution in [1.29, 1.82) is 0 Å². The minimum Gasteiger partial charge on any atom is -0.454 e. The number of sulfone groups is 1. The molecule has 1 amide bonds. The molecule has 2 saturated heterocycles. The number of fused-ring (bicyclic) bond motifs is 2. The van der Waals surface area contributed by atoms with Gasteiger partial charge in [-0.25, -0.2) is 8.42 Å². The summed E-state index contributed by atoms with van der Waals surface area (Å²) < 4.78 is 35.7. The highest BCUT2D eigenvalue weighted by Gasteiger charge is 2.52. The van der Waals surface area contributed by atoms with Gasteiger partial charge in [-0.1, -0.05) is 18.2 Å². The number of carbonyl (C=O) groups excluding carboxylic acids is 1. The summed E-state index contributed by atoms with van der Waals surface area (Å²) in [5.41, 5.74) is 1.77. The molecule has 3 aliphatic rings. The van der Waals surface area contributed by atoms with E-state index in [1.54, 1.807) is 4.90 Å². The van der Waals surface area contributed by atoms with Crippen molar-refractivity contribution in [2.24, 2.45) is 0 Å². The van der Waals surface area contributed by atoms with Gasteiger partial charge in [-0.15, -0.1) is 0 Å². The second-order valence-corrected chi connectivity index (χ2v) is 9.70. The molecule has 28 heavy (non-hydrogen) atoms. The van der Waals surface area contributed by atoms with Gasteiger partial charge in [0.05, 0.1) is 5.75 Å². The Balaban J connectivity index is 1.45. The molecule has 7 nitrogen and oxygen atoms in total. The average molecular weight is 401 g/mol. The number of hydrogen-bond donors (Lipinski definition) is 1. The lowest BCUT2D eigenvalue weighted by molar-refractivity contribution is -0.931. The van der Waals surface area contributed by atoms with Gasteiger partial charge in [0, 0.05) is 11.3 Å². The van der Waals surface area contributed by atoms with Crippen LogP contribution in [-0.2, 0) is 21.2 Å². The smallest absolute Gasteiger partial charge is 0.282 e. The number of nitrogens with zero attached hydrogens (tertiary/aromatic N) is 1. The van der Waals surface area contributed by atoms with Crippen LogP contribution in [0.1, 0.15) is 5.56 Å². The second-order valence-electron chi connectivity index (χ2n) is 7.55. The van der Waals surface area contributed by atoms with Gasteiger partial charge < -0.3 is 14.4 Å². The Morgan fingerprint density at radius 1 is 1.04 bits per heavy atom. The summed E-state index contributed by atoms with van der Waals surface area (Å²) in [6.07, 6.45) is 0. The number of anilines is 1. The molecule has 0 spiro atoms. The SMILES string of the molecule is O=C1C[NH+](Cc2ccc3c(c2)OCO3)[C@H]2CS(=O)(=O)C[C@H]2N1c1ccccc1. The summed E-state index contributed by atoms with van der Waals surface area (Å²) in [5, 5.41) is 0. The Bertz CT molecular complexity index is 1020. The fraction of sp³-hybridized carbons (Fsp3) is 0.350. The number of ether oxygens (including phenoxy) is 2. The van der Waals surface area contributed by atoms with Gasteiger partial charge in [-0.3, -0.25) is 9.69 Å². The van der Waals surface area contributed by atoms with Crippen LogP contribution in [0.15, 0.2) is 48.5 Å². The highest BCUT2D eigenvalue weighted by atomic mass is 32.2. The molecule has 146 valence electrons. The Morgan fingerprint density at radius 2 is 1.82 bits per heavy atom. The van der Waals surface area contributed by atoms with Crippen LogP contribution in [-0.4, -0.2) is 51.3 Å². The van der Waals surface area contributed by atoms with E-state index in [9.17, 15) is 13.2 Å². The first-order valence-electron chi connectivity index (χ1n) is 9.31. The zero-order valence-corrected chi connectivity index (χ0v) is 16.0. The predicted octanol–water partition coefficient (Wildman–Crippen LogP) is 0.0126. The molecule has 3 aliphatic heterocycles. The lowest BCUT2D eigenvalue weighted by Gasteiger charge is -2.40. The normalized spacial score (nSPS) is 27.6. The largest absolute Gasteiger partial charge is 0.454 e. The van der Waals surface area contributed by atoms with Crippen LogP contribution in [0.5, 0.6) is 11.5 Å². The number of benzene rings is 2. The summed E-state index contributed by atoms with van der Waals surface area (Å²) in [7, 11) is -3.19. The van der Waals surface area contributed by atoms with Gasteiger partial charge in [0.15, 0.2) is 27.9 Å². The molecule has 1 unspecified atom stereocenters. The maximum atomic E-state index is 13.0. The quantitative estimate of drug-likeness (QED) is 0.784. The van der Waals surface area contributed by atoms with Crippen molar-refractivity contribution >= 4 is 21.4 Å². The Kier molecular flexibility index (Phi) is 4.06. The molecular formula is C20H21N2O5S+. The molecule has 0 aromatic heterocycles. The van der Waals surface area contributed by atoms with Crippen molar-refractivity contribution < 1.29 is 27.6 Å². The lowest BCUT2D eigenvalue weighted by Crippen LogP contribution is -3.19. The van der Waals surface area contributed by atoms with Gasteiger partial charge >= 0.3 is 0 Å². The standard InChI is InChI=1S/C20H20N2O5S/c23-20-10-21(9-14-6-7-18-19(8-14)27-13-26-18)16-11-28(24,25)12-17(16)22(20)15-4-2-1-3-5-15/h1-8,16-17H,9-13H2/p+1/t16-,17+/m0/s1. The van der Waals surface area contributed by atoms with Crippen LogP contribution in [0.25, 0.3) is 0 Å². The summed E-state index contributed by atoms with van der Waals surface area (Å²) >= 11 is 0. The second kappa shape index (κ2) is 6.49. The molecule has 2 aromatic carbocycles. The van der Waals surface area contributed by atoms with Crippen molar-refractivity contribution in [1.82, 2.24) is 0 Å². The van der Waals surface area contributed by atoms with Gasteiger partial charge in [0.2, 0.25) is 6.79 Å². The maximum absolute atomic E-state index is 13.0. The molecular weight excluding hydrogens is 380 g/mol. The molecule has 8 heteroatoms. The highest BCUT2D eigenvalue weighted by Crippen LogP contribution is 2.32. The fourth-order valence-electron chi connectivity index (χ4n) is 4.50. The maximum Gasteiger partial charge on any atom is 0.282 e. The summed E-state index contributed by atoms with van der Waals surface area (Å²) in [4.78, 5) is 15.7. The van der Waals surface area contributed by atoms with Gasteiger partial charge in [-0.2, -0.15) is 0 Å². The molecule has 0 bridgehead atoms. The number of nitrogens with one attached hydrogen (secondary N) is 1. The van der Waals surface area contributed by atoms with Crippen LogP contribution < -0.4 is 19.3 Å². The van der Waals surface area contributed by atoms with E-state index in [0.29, 0.717) is 18.0 Å². The highest BCUT2D eigenvalue weighted by molar-refractivity contribution is 7.91. The third-order valence-electron chi connectivity index (χ3n) is 5.73. The monoisotopic (exact) mass is 401 g/mol. The number of piperazine rings is 1. The Labute approximate surface area is 163 Å². The first-order chi connectivity index (χ1) is 13.5. The molecule has 3 heterocycles. The minimum absolute atomic E-state index is 0.0168. The summed E-state index contributed by atoms with van der Waals surface area (Å²) in [5.74, 6) is 1.49. The van der Waals surface area contributed by atoms with Gasteiger partial charge in [0.25, 0.3) is 5.91 Å². The molecule has 1 N–H and O–H groups in total. The molecule has 3 atom stereocenters. The average Bonchev–Trinajstić information content (AvgIpc) is 3.25. The van der Waals surface area contributed by atoms with Crippen molar-refractivity contribution in [2.45, 2.75) is 18.6 Å². The molecule has 0 saturated carbocycles. The fourth-order valence-corrected chi connectivity index (χ4v) is 6.54. The van der Waals surface area contributed by atoms with E-state index in [1.807, 2.05) is 48.5 Å². The molecule has 5 rings (SSSR count). The first kappa shape index (κ1) is 17.5. The van der Waals surface area contributed by atoms with Crippen molar-refractivity contribution in [3.63, 3.8) is 0 Å². The number of quaternary nitrogens is 1. The van der Waals surface area contributed by atoms with E-state index in [4.69, 9.17) is 9.47 Å². The van der Waals surface area contributed by atoms with E-state index < -0.39 is 9.84 Å². The van der Waals surface area contributed by atoms with E-state index in [-0.39, 0.29) is 42.8 Å². The van der Waals surface area contributed by atoms with Crippen LogP contribution in [0, 0.1) is 0 Å². The molecule has 0 radical (unpaired) electrons. The van der Waals surface area contributed by atoms with Crippen molar-refractivity contribution in [3.8, 4) is 11.5 Å². The van der Waals surface area contributed by atoms with Crippen LogP contribution in [0.4, 0.5) is 5.69 Å². The zero-order valence-electron chi connectivity index (χ0n) is 15.2. The third kappa shape index (κ3) is 3.02. The topological polar surface area (TPSA) is 77.3 Å². The van der Waals surface area contributed by atoms with E-state index in [2.05, 4.69) is 0 Å². The Hall–Kier alpha value is -2.58. The van der Waals surface area contributed by atoms with E-state index in [0.717, 1.165) is 16.2 Å². The van der Waals surface area contributed by atoms with Crippen molar-refractivity contribution in [2.75, 3.05) is 29.7 Å². The minimum atomic E-state index is -3.19. The summed E-state index contributed by atoms with van der Waals surface area (Å²) in [6, 6.07) is 14.6. The number of amides is 1. The van der Waals surface area contributed by atoms with Crippen LogP contribution in [0.3, 0.4) is 0 Å². The number of hydrogen-bond acceptors (Lipinski definition) is 5. The van der Waals surface area contributed by atoms with E-state index >= 15 is 0 Å². The van der Waals surface area contributed by atoms with E-state index in [1.165, 1.54) is 0 Å². The third-order valence-corrected chi connectivity index (χ3v) is 7.44. The predicted molar refractivity (Wildman–Crippen MR) is 102 cm³/mol. The Morgan fingerprint density at radius 3 is 2.64 bits per heavy atom. The van der Waals surface area contributed by atoms with Crippen LogP contribution in [0.2, 0.25) is 0 Å². The first-order valence-corrected chi connectivity index (χ1v) is 11.1. The zero-order chi connectivity index (χ0) is 19.3. The number of rotatable bonds is 3. The molecule has 0 aliphatic carbocycles. The van der Waals surface area contributed by atoms with Gasteiger partial charge in [-0.05, 0) is 30.3 Å². The molecule has 2 aromatic rings.